The molecule has 2 bridgehead atoms. The van der Waals surface area contributed by atoms with Gasteiger partial charge >= 0.3 is 0 Å². The highest BCUT2D eigenvalue weighted by Gasteiger charge is 2.36. The van der Waals surface area contributed by atoms with Crippen molar-refractivity contribution in [2.75, 3.05) is 0 Å². The molecule has 0 amide bonds. The van der Waals surface area contributed by atoms with Gasteiger partial charge in [-0.25, -0.2) is 0 Å². The highest BCUT2D eigenvalue weighted by atomic mass is 32.2. The van der Waals surface area contributed by atoms with Crippen molar-refractivity contribution in [2.45, 2.75) is 55.5 Å². The van der Waals surface area contributed by atoms with Gasteiger partial charge < -0.3 is 9.47 Å². The molecule has 2 aromatic rings. The summed E-state index contributed by atoms with van der Waals surface area (Å²) < 4.78 is 12.5. The molecule has 0 N–H and O–H groups in total. The van der Waals surface area contributed by atoms with Crippen molar-refractivity contribution in [3.8, 4) is 0 Å². The number of hydrogen-bond donors (Lipinski definition) is 0. The number of hydrogen-bond acceptors (Lipinski definition) is 3. The van der Waals surface area contributed by atoms with Gasteiger partial charge in [0.2, 0.25) is 0 Å². The molecule has 3 atom stereocenters. The maximum Gasteiger partial charge on any atom is 0.0866 e. The summed E-state index contributed by atoms with van der Waals surface area (Å²) in [6.45, 7) is 0.678. The maximum atomic E-state index is 6.29. The van der Waals surface area contributed by atoms with E-state index in [9.17, 15) is 0 Å². The van der Waals surface area contributed by atoms with Crippen LogP contribution in [0, 0.1) is 0 Å². The Bertz CT molecular complexity index is 698. The molecule has 1 saturated heterocycles. The van der Waals surface area contributed by atoms with E-state index in [-0.39, 0.29) is 18.3 Å². The van der Waals surface area contributed by atoms with Crippen LogP contribution in [0.2, 0.25) is 0 Å². The fourth-order valence-electron chi connectivity index (χ4n) is 3.58. The molecule has 4 rings (SSSR count). The van der Waals surface area contributed by atoms with Crippen molar-refractivity contribution >= 4 is 11.8 Å². The molecule has 130 valence electrons. The molecule has 2 aliphatic heterocycles. The highest BCUT2D eigenvalue weighted by molar-refractivity contribution is 8.03. The van der Waals surface area contributed by atoms with Gasteiger partial charge in [0.1, 0.15) is 0 Å². The van der Waals surface area contributed by atoms with Gasteiger partial charge in [-0.1, -0.05) is 66.4 Å². The first-order valence-electron chi connectivity index (χ1n) is 9.10. The van der Waals surface area contributed by atoms with Gasteiger partial charge in [0.05, 0.1) is 24.9 Å². The van der Waals surface area contributed by atoms with E-state index in [1.807, 2.05) is 17.8 Å². The third-order valence-electron chi connectivity index (χ3n) is 4.83. The van der Waals surface area contributed by atoms with Crippen LogP contribution in [-0.2, 0) is 16.1 Å². The molecule has 3 heteroatoms. The van der Waals surface area contributed by atoms with Gasteiger partial charge in [0, 0.05) is 17.7 Å². The summed E-state index contributed by atoms with van der Waals surface area (Å²) in [6, 6.07) is 21.0. The minimum atomic E-state index is 0.222. The van der Waals surface area contributed by atoms with E-state index in [0.29, 0.717) is 6.61 Å². The number of rotatable bonds is 5. The quantitative estimate of drug-likeness (QED) is 0.699. The van der Waals surface area contributed by atoms with Crippen molar-refractivity contribution in [1.82, 2.24) is 0 Å². The molecule has 25 heavy (non-hydrogen) atoms. The van der Waals surface area contributed by atoms with Gasteiger partial charge in [-0.2, -0.15) is 0 Å². The molecule has 2 heterocycles. The maximum absolute atomic E-state index is 6.29. The van der Waals surface area contributed by atoms with Crippen LogP contribution < -0.4 is 0 Å². The Morgan fingerprint density at radius 3 is 2.56 bits per heavy atom. The third kappa shape index (κ3) is 4.55. The van der Waals surface area contributed by atoms with E-state index in [1.165, 1.54) is 15.4 Å². The number of ether oxygens (including phenoxy) is 2. The van der Waals surface area contributed by atoms with E-state index in [1.54, 1.807) is 0 Å². The van der Waals surface area contributed by atoms with Crippen LogP contribution in [0.5, 0.6) is 0 Å². The SMILES string of the molecule is C1=C(/Sc2ccccc2)C[C@H]2C[C@H](OCc3ccccc3)[C@@H](CC/1)O2. The zero-order valence-corrected chi connectivity index (χ0v) is 15.2. The molecule has 0 aromatic heterocycles. The second kappa shape index (κ2) is 8.22. The Hall–Kier alpha value is -1.55. The van der Waals surface area contributed by atoms with E-state index in [0.717, 1.165) is 25.7 Å². The van der Waals surface area contributed by atoms with Gasteiger partial charge in [-0.3, -0.25) is 0 Å². The predicted molar refractivity (Wildman–Crippen MR) is 103 cm³/mol. The van der Waals surface area contributed by atoms with Crippen molar-refractivity contribution < 1.29 is 9.47 Å². The predicted octanol–water partition coefficient (Wildman–Crippen LogP) is 5.59. The standard InChI is InChI=1S/C22H24O2S/c1-3-8-17(9-4-1)16-23-22-15-18-14-20(12-7-13-21(22)24-18)25-19-10-5-2-6-11-19/h1-6,8-12,18,21-22H,7,13-16H2/b20-12+/t18-,21+,22-/m0/s1. The first kappa shape index (κ1) is 16.9. The summed E-state index contributed by atoms with van der Waals surface area (Å²) in [5.74, 6) is 0. The Morgan fingerprint density at radius 1 is 1.00 bits per heavy atom. The molecular weight excluding hydrogens is 328 g/mol. The lowest BCUT2D eigenvalue weighted by Gasteiger charge is -2.20. The molecule has 2 aliphatic rings. The van der Waals surface area contributed by atoms with Gasteiger partial charge in [0.15, 0.2) is 0 Å². The molecule has 0 spiro atoms. The average Bonchev–Trinajstić information content (AvgIpc) is 3.04. The third-order valence-corrected chi connectivity index (χ3v) is 5.93. The molecular formula is C22H24O2S. The molecule has 0 radical (unpaired) electrons. The lowest BCUT2D eigenvalue weighted by atomic mass is 10.1. The van der Waals surface area contributed by atoms with Crippen molar-refractivity contribution in [2.24, 2.45) is 0 Å². The average molecular weight is 352 g/mol. The fourth-order valence-corrected chi connectivity index (χ4v) is 4.65. The van der Waals surface area contributed by atoms with Crippen LogP contribution in [0.3, 0.4) is 0 Å². The summed E-state index contributed by atoms with van der Waals surface area (Å²) in [7, 11) is 0. The number of fused-ring (bicyclic) bond motifs is 2. The van der Waals surface area contributed by atoms with Crippen LogP contribution in [0.4, 0.5) is 0 Å². The molecule has 0 aliphatic carbocycles. The minimum Gasteiger partial charge on any atom is -0.372 e. The summed E-state index contributed by atoms with van der Waals surface area (Å²) in [5, 5.41) is 0. The lowest BCUT2D eigenvalue weighted by Crippen LogP contribution is -2.24. The number of allylic oxidation sites excluding steroid dienone is 1. The molecule has 1 fully saturated rings. The smallest absolute Gasteiger partial charge is 0.0866 e. The Kier molecular flexibility index (Phi) is 5.55. The largest absolute Gasteiger partial charge is 0.372 e. The van der Waals surface area contributed by atoms with Crippen molar-refractivity contribution in [3.63, 3.8) is 0 Å². The van der Waals surface area contributed by atoms with Gasteiger partial charge in [-0.15, -0.1) is 0 Å². The summed E-state index contributed by atoms with van der Waals surface area (Å²) in [4.78, 5) is 2.74. The second-order valence-electron chi connectivity index (χ2n) is 6.73. The van der Waals surface area contributed by atoms with Crippen LogP contribution in [0.25, 0.3) is 0 Å². The number of benzene rings is 2. The van der Waals surface area contributed by atoms with Gasteiger partial charge in [-0.05, 0) is 35.4 Å². The van der Waals surface area contributed by atoms with Crippen LogP contribution in [0.15, 0.2) is 76.5 Å². The highest BCUT2D eigenvalue weighted by Crippen LogP contribution is 2.38. The van der Waals surface area contributed by atoms with E-state index in [4.69, 9.17) is 9.47 Å². The summed E-state index contributed by atoms with van der Waals surface area (Å²) >= 11 is 1.88. The Balaban J connectivity index is 1.35. The van der Waals surface area contributed by atoms with Crippen LogP contribution >= 0.6 is 11.8 Å². The van der Waals surface area contributed by atoms with E-state index < -0.39 is 0 Å². The van der Waals surface area contributed by atoms with Crippen LogP contribution in [-0.4, -0.2) is 18.3 Å². The summed E-state index contributed by atoms with van der Waals surface area (Å²) in [6.07, 6.45) is 7.28. The normalized spacial score (nSPS) is 28.0. The molecule has 2 aromatic carbocycles. The zero-order valence-electron chi connectivity index (χ0n) is 14.3. The first-order chi connectivity index (χ1) is 12.4. The minimum absolute atomic E-state index is 0.222. The van der Waals surface area contributed by atoms with Crippen LogP contribution in [0.1, 0.15) is 31.2 Å². The second-order valence-corrected chi connectivity index (χ2v) is 7.93. The lowest BCUT2D eigenvalue weighted by molar-refractivity contribution is -0.0322. The van der Waals surface area contributed by atoms with Crippen molar-refractivity contribution in [1.29, 1.82) is 0 Å². The van der Waals surface area contributed by atoms with Gasteiger partial charge in [0.25, 0.3) is 0 Å². The zero-order chi connectivity index (χ0) is 16.9. The molecule has 2 nitrogen and oxygen atoms in total. The molecule has 0 unspecified atom stereocenters. The van der Waals surface area contributed by atoms with E-state index in [2.05, 4.69) is 60.7 Å². The van der Waals surface area contributed by atoms with Crippen molar-refractivity contribution in [3.05, 3.63) is 77.2 Å². The summed E-state index contributed by atoms with van der Waals surface area (Å²) in [5.41, 5.74) is 1.23. The van der Waals surface area contributed by atoms with E-state index >= 15 is 0 Å². The first-order valence-corrected chi connectivity index (χ1v) is 9.91. The topological polar surface area (TPSA) is 18.5 Å². The monoisotopic (exact) mass is 352 g/mol. The Morgan fingerprint density at radius 2 is 1.76 bits per heavy atom. The fraction of sp³-hybridized carbons (Fsp3) is 0.364. The Labute approximate surface area is 154 Å². The molecule has 0 saturated carbocycles. The number of thioether (sulfide) groups is 1.